The normalized spacial score (nSPS) is 18.4. The largest absolute Gasteiger partial charge is 0.294 e. The molecular formula is C15H11ClN2O3S4. The van der Waals surface area contributed by atoms with Gasteiger partial charge in [-0.2, -0.15) is 8.42 Å². The fourth-order valence-corrected chi connectivity index (χ4v) is 6.33. The number of carbonyl (C=O) groups excluding carboxylic acids is 1. The van der Waals surface area contributed by atoms with E-state index in [1.165, 1.54) is 34.4 Å². The molecule has 0 radical (unpaired) electrons. The summed E-state index contributed by atoms with van der Waals surface area (Å²) in [5.41, 5.74) is 0. The van der Waals surface area contributed by atoms with Gasteiger partial charge >= 0.3 is 0 Å². The zero-order chi connectivity index (χ0) is 18.0. The first-order chi connectivity index (χ1) is 11.9. The zero-order valence-corrected chi connectivity index (χ0v) is 16.6. The van der Waals surface area contributed by atoms with E-state index < -0.39 is 10.0 Å². The molecule has 2 aromatic heterocycles. The smallest absolute Gasteiger partial charge is 0.282 e. The first kappa shape index (κ1) is 18.4. The topological polar surface area (TPSA) is 66.8 Å². The minimum Gasteiger partial charge on any atom is -0.282 e. The van der Waals surface area contributed by atoms with E-state index in [9.17, 15) is 13.2 Å². The summed E-state index contributed by atoms with van der Waals surface area (Å²) in [5, 5.41) is 2.01. The van der Waals surface area contributed by atoms with Gasteiger partial charge in [0.25, 0.3) is 15.9 Å². The van der Waals surface area contributed by atoms with Crippen LogP contribution >= 0.6 is 46.0 Å². The Balaban J connectivity index is 1.99. The predicted molar refractivity (Wildman–Crippen MR) is 106 cm³/mol. The van der Waals surface area contributed by atoms with Gasteiger partial charge in [0.2, 0.25) is 0 Å². The third-order valence-corrected chi connectivity index (χ3v) is 7.92. The van der Waals surface area contributed by atoms with Crippen LogP contribution in [-0.2, 0) is 14.8 Å². The highest BCUT2D eigenvalue weighted by Gasteiger charge is 2.34. The van der Waals surface area contributed by atoms with Crippen molar-refractivity contribution in [3.05, 3.63) is 56.4 Å². The Morgan fingerprint density at radius 2 is 2.12 bits per heavy atom. The summed E-state index contributed by atoms with van der Waals surface area (Å²) in [4.78, 5) is 15.2. The number of halogens is 1. The van der Waals surface area contributed by atoms with Gasteiger partial charge in [-0.1, -0.05) is 23.7 Å². The molecule has 130 valence electrons. The molecule has 1 fully saturated rings. The average molecular weight is 431 g/mol. The van der Waals surface area contributed by atoms with Crippen molar-refractivity contribution in [2.45, 2.75) is 4.21 Å². The fourth-order valence-electron chi connectivity index (χ4n) is 1.95. The van der Waals surface area contributed by atoms with Gasteiger partial charge in [0, 0.05) is 11.4 Å². The molecule has 0 aliphatic carbocycles. The van der Waals surface area contributed by atoms with Crippen LogP contribution in [0.25, 0.3) is 6.08 Å². The van der Waals surface area contributed by atoms with Crippen LogP contribution in [0.3, 0.4) is 0 Å². The molecular weight excluding hydrogens is 420 g/mol. The lowest BCUT2D eigenvalue weighted by molar-refractivity contribution is -0.121. The van der Waals surface area contributed by atoms with Crippen LogP contribution in [0.1, 0.15) is 4.88 Å². The maximum Gasteiger partial charge on any atom is 0.294 e. The van der Waals surface area contributed by atoms with Crippen LogP contribution in [0.5, 0.6) is 0 Å². The van der Waals surface area contributed by atoms with Crippen molar-refractivity contribution in [1.82, 2.24) is 4.90 Å². The van der Waals surface area contributed by atoms with Gasteiger partial charge < -0.3 is 0 Å². The monoisotopic (exact) mass is 430 g/mol. The quantitative estimate of drug-likeness (QED) is 0.523. The highest BCUT2D eigenvalue weighted by atomic mass is 35.5. The fraction of sp³-hybridized carbons (Fsp3) is 0.0667. The first-order valence-electron chi connectivity index (χ1n) is 6.87. The molecule has 0 atom stereocenters. The van der Waals surface area contributed by atoms with Crippen LogP contribution in [0.4, 0.5) is 0 Å². The van der Waals surface area contributed by atoms with E-state index in [1.807, 2.05) is 17.5 Å². The van der Waals surface area contributed by atoms with Crippen molar-refractivity contribution in [2.24, 2.45) is 4.40 Å². The standard InChI is InChI=1S/C15H11ClN2O3S4/c1-2-7-18-14(19)11(9-10-4-3-8-22-10)23-15(18)17-25(20,21)13-6-5-12(16)24-13/h2-6,8-9H,1,7H2. The highest BCUT2D eigenvalue weighted by molar-refractivity contribution is 8.19. The van der Waals surface area contributed by atoms with Gasteiger partial charge in [-0.3, -0.25) is 9.69 Å². The second-order valence-electron chi connectivity index (χ2n) is 4.74. The molecule has 2 aromatic rings. The summed E-state index contributed by atoms with van der Waals surface area (Å²) in [6, 6.07) is 6.65. The Bertz CT molecular complexity index is 974. The highest BCUT2D eigenvalue weighted by Crippen LogP contribution is 2.35. The van der Waals surface area contributed by atoms with Crippen molar-refractivity contribution in [1.29, 1.82) is 0 Å². The van der Waals surface area contributed by atoms with E-state index in [0.717, 1.165) is 28.0 Å². The van der Waals surface area contributed by atoms with E-state index in [-0.39, 0.29) is 21.8 Å². The van der Waals surface area contributed by atoms with Crippen molar-refractivity contribution in [3.63, 3.8) is 0 Å². The van der Waals surface area contributed by atoms with Gasteiger partial charge in [-0.15, -0.1) is 33.7 Å². The summed E-state index contributed by atoms with van der Waals surface area (Å²) in [6.07, 6.45) is 3.25. The number of rotatable bonds is 5. The molecule has 0 bridgehead atoms. The lowest BCUT2D eigenvalue weighted by atomic mass is 10.3. The molecule has 0 N–H and O–H groups in total. The second kappa shape index (κ2) is 7.46. The third kappa shape index (κ3) is 4.06. The lowest BCUT2D eigenvalue weighted by Gasteiger charge is -2.12. The maximum absolute atomic E-state index is 12.6. The summed E-state index contributed by atoms with van der Waals surface area (Å²) in [5.74, 6) is -0.295. The molecule has 25 heavy (non-hydrogen) atoms. The first-order valence-corrected chi connectivity index (χ1v) is 11.2. The Morgan fingerprint density at radius 1 is 1.32 bits per heavy atom. The summed E-state index contributed by atoms with van der Waals surface area (Å²) < 4.78 is 29.1. The molecule has 0 aromatic carbocycles. The Morgan fingerprint density at radius 3 is 2.72 bits per heavy atom. The third-order valence-electron chi connectivity index (χ3n) is 3.02. The van der Waals surface area contributed by atoms with Crippen molar-refractivity contribution in [3.8, 4) is 0 Å². The molecule has 0 spiro atoms. The zero-order valence-electron chi connectivity index (χ0n) is 12.6. The number of thioether (sulfide) groups is 1. The molecule has 10 heteroatoms. The number of nitrogens with zero attached hydrogens (tertiary/aromatic N) is 2. The molecule has 1 aliphatic heterocycles. The Kier molecular flexibility index (Phi) is 5.49. The van der Waals surface area contributed by atoms with E-state index in [1.54, 1.807) is 6.08 Å². The second-order valence-corrected chi connectivity index (χ2v) is 10.3. The number of sulfonamides is 1. The number of carbonyl (C=O) groups is 1. The SMILES string of the molecule is C=CCN1C(=O)C(=Cc2cccs2)SC1=NS(=O)(=O)c1ccc(Cl)s1. The molecule has 1 amide bonds. The number of amides is 1. The van der Waals surface area contributed by atoms with Crippen LogP contribution in [0, 0.1) is 0 Å². The number of amidine groups is 1. The van der Waals surface area contributed by atoms with Gasteiger partial charge in [-0.05, 0) is 41.4 Å². The molecule has 5 nitrogen and oxygen atoms in total. The Labute approximate surface area is 162 Å². The van der Waals surface area contributed by atoms with Gasteiger partial charge in [0.15, 0.2) is 5.17 Å². The van der Waals surface area contributed by atoms with Crippen LogP contribution < -0.4 is 0 Å². The molecule has 3 rings (SSSR count). The van der Waals surface area contributed by atoms with Gasteiger partial charge in [0.05, 0.1) is 9.24 Å². The summed E-state index contributed by atoms with van der Waals surface area (Å²) in [7, 11) is -3.93. The molecule has 1 saturated heterocycles. The predicted octanol–water partition coefficient (Wildman–Crippen LogP) is 4.31. The number of thiophene rings is 2. The minimum atomic E-state index is -3.93. The average Bonchev–Trinajstić information content (AvgIpc) is 3.26. The summed E-state index contributed by atoms with van der Waals surface area (Å²) >= 11 is 9.25. The Hall–Kier alpha value is -1.39. The van der Waals surface area contributed by atoms with Gasteiger partial charge in [-0.25, -0.2) is 0 Å². The summed E-state index contributed by atoms with van der Waals surface area (Å²) in [6.45, 7) is 3.79. The van der Waals surface area contributed by atoms with E-state index in [4.69, 9.17) is 11.6 Å². The minimum absolute atomic E-state index is 0.0345. The van der Waals surface area contributed by atoms with Crippen LogP contribution in [0.15, 0.2) is 55.8 Å². The van der Waals surface area contributed by atoms with Crippen LogP contribution in [0.2, 0.25) is 4.34 Å². The molecule has 0 saturated carbocycles. The van der Waals surface area contributed by atoms with Crippen LogP contribution in [-0.4, -0.2) is 30.9 Å². The van der Waals surface area contributed by atoms with E-state index in [2.05, 4.69) is 11.0 Å². The number of hydrogen-bond acceptors (Lipinski definition) is 6. The maximum atomic E-state index is 12.6. The molecule has 3 heterocycles. The van der Waals surface area contributed by atoms with Crippen molar-refractivity contribution >= 4 is 73.2 Å². The van der Waals surface area contributed by atoms with Gasteiger partial charge in [0.1, 0.15) is 4.21 Å². The van der Waals surface area contributed by atoms with E-state index >= 15 is 0 Å². The van der Waals surface area contributed by atoms with Crippen molar-refractivity contribution < 1.29 is 13.2 Å². The van der Waals surface area contributed by atoms with E-state index in [0.29, 0.717) is 9.24 Å². The molecule has 0 unspecified atom stereocenters. The van der Waals surface area contributed by atoms with Crippen molar-refractivity contribution in [2.75, 3.05) is 6.54 Å². The molecule has 1 aliphatic rings. The lowest BCUT2D eigenvalue weighted by Crippen LogP contribution is -2.29. The number of hydrogen-bond donors (Lipinski definition) is 0.